The standard InChI is InChI=1S/C15H30N2O5/c1-14(2,3)21-12(19)16-10-7-11(9-18)17(8-10)13(20)22-15(4,5)6/h10-12,16,18-19H,7-9H2,1-6H3. The predicted molar refractivity (Wildman–Crippen MR) is 82.2 cm³/mol. The van der Waals surface area contributed by atoms with Crippen LogP contribution < -0.4 is 5.32 Å². The maximum Gasteiger partial charge on any atom is 0.410 e. The summed E-state index contributed by atoms with van der Waals surface area (Å²) in [5, 5.41) is 22.3. The van der Waals surface area contributed by atoms with Gasteiger partial charge in [0.15, 0.2) is 0 Å². The molecule has 1 aliphatic heterocycles. The molecule has 1 saturated heterocycles. The average molecular weight is 318 g/mol. The van der Waals surface area contributed by atoms with Crippen LogP contribution in [0.3, 0.4) is 0 Å². The Kier molecular flexibility index (Phi) is 6.20. The van der Waals surface area contributed by atoms with Crippen molar-refractivity contribution < 1.29 is 24.5 Å². The SMILES string of the molecule is CC(C)(C)OC(=O)N1CC(NC(O)OC(C)(C)C)CC1CO. The van der Waals surface area contributed by atoms with Crippen molar-refractivity contribution in [1.82, 2.24) is 10.2 Å². The number of hydrogen-bond donors (Lipinski definition) is 3. The molecule has 0 radical (unpaired) electrons. The Hall–Kier alpha value is -0.890. The first kappa shape index (κ1) is 19.2. The zero-order valence-corrected chi connectivity index (χ0v) is 14.4. The van der Waals surface area contributed by atoms with Crippen molar-refractivity contribution in [3.8, 4) is 0 Å². The average Bonchev–Trinajstić information content (AvgIpc) is 2.66. The van der Waals surface area contributed by atoms with E-state index in [-0.39, 0.29) is 18.7 Å². The lowest BCUT2D eigenvalue weighted by atomic mass is 10.2. The minimum Gasteiger partial charge on any atom is -0.444 e. The molecule has 0 aromatic carbocycles. The number of carbonyl (C=O) groups is 1. The van der Waals surface area contributed by atoms with Crippen LogP contribution in [-0.2, 0) is 9.47 Å². The molecule has 0 bridgehead atoms. The van der Waals surface area contributed by atoms with Gasteiger partial charge in [0, 0.05) is 12.6 Å². The van der Waals surface area contributed by atoms with Gasteiger partial charge in [-0.25, -0.2) is 4.79 Å². The molecular formula is C15H30N2O5. The third-order valence-electron chi connectivity index (χ3n) is 3.10. The van der Waals surface area contributed by atoms with Gasteiger partial charge in [-0.1, -0.05) is 0 Å². The lowest BCUT2D eigenvalue weighted by Crippen LogP contribution is -2.45. The number of rotatable bonds is 4. The van der Waals surface area contributed by atoms with Gasteiger partial charge >= 0.3 is 6.09 Å². The lowest BCUT2D eigenvalue weighted by molar-refractivity contribution is -0.185. The number of aliphatic hydroxyl groups is 2. The van der Waals surface area contributed by atoms with E-state index in [0.717, 1.165) is 0 Å². The summed E-state index contributed by atoms with van der Waals surface area (Å²) in [6, 6.07) is -0.490. The predicted octanol–water partition coefficient (Wildman–Crippen LogP) is 1.04. The van der Waals surface area contributed by atoms with Crippen molar-refractivity contribution in [3.63, 3.8) is 0 Å². The van der Waals surface area contributed by atoms with Crippen molar-refractivity contribution in [1.29, 1.82) is 0 Å². The number of hydrogen-bond acceptors (Lipinski definition) is 6. The molecule has 1 aliphatic rings. The minimum atomic E-state index is -1.12. The number of nitrogens with one attached hydrogen (secondary N) is 1. The first-order chi connectivity index (χ1) is 9.91. The van der Waals surface area contributed by atoms with E-state index >= 15 is 0 Å². The summed E-state index contributed by atoms with van der Waals surface area (Å²) in [5.74, 6) is 0. The molecule has 0 spiro atoms. The largest absolute Gasteiger partial charge is 0.444 e. The summed E-state index contributed by atoms with van der Waals surface area (Å²) in [7, 11) is 0. The fraction of sp³-hybridized carbons (Fsp3) is 0.933. The van der Waals surface area contributed by atoms with Gasteiger partial charge in [0.1, 0.15) is 5.60 Å². The van der Waals surface area contributed by atoms with E-state index in [1.54, 1.807) is 20.8 Å². The highest BCUT2D eigenvalue weighted by Crippen LogP contribution is 2.22. The van der Waals surface area contributed by atoms with Crippen molar-refractivity contribution in [2.24, 2.45) is 0 Å². The van der Waals surface area contributed by atoms with Gasteiger partial charge < -0.3 is 24.6 Å². The van der Waals surface area contributed by atoms with Crippen molar-refractivity contribution in [3.05, 3.63) is 0 Å². The second-order valence-electron chi connectivity index (χ2n) is 7.65. The molecule has 130 valence electrons. The normalized spacial score (nSPS) is 24.5. The Morgan fingerprint density at radius 3 is 2.32 bits per heavy atom. The fourth-order valence-corrected chi connectivity index (χ4v) is 2.33. The number of ether oxygens (including phenoxy) is 2. The Labute approximate surface area is 132 Å². The molecule has 0 aliphatic carbocycles. The Balaban J connectivity index is 2.59. The number of nitrogens with zero attached hydrogens (tertiary/aromatic N) is 1. The molecule has 1 rings (SSSR count). The summed E-state index contributed by atoms with van der Waals surface area (Å²) in [4.78, 5) is 13.7. The summed E-state index contributed by atoms with van der Waals surface area (Å²) >= 11 is 0. The van der Waals surface area contributed by atoms with Crippen LogP contribution in [0.1, 0.15) is 48.0 Å². The Bertz CT molecular complexity index is 375. The fourth-order valence-electron chi connectivity index (χ4n) is 2.33. The van der Waals surface area contributed by atoms with Crippen LogP contribution in [0.2, 0.25) is 0 Å². The quantitative estimate of drug-likeness (QED) is 0.671. The first-order valence-electron chi connectivity index (χ1n) is 7.64. The smallest absolute Gasteiger partial charge is 0.410 e. The van der Waals surface area contributed by atoms with E-state index in [0.29, 0.717) is 13.0 Å². The molecule has 1 amide bonds. The number of aliphatic hydroxyl groups excluding tert-OH is 2. The second kappa shape index (κ2) is 7.12. The van der Waals surface area contributed by atoms with Crippen molar-refractivity contribution in [2.75, 3.05) is 13.2 Å². The molecule has 7 heteroatoms. The van der Waals surface area contributed by atoms with E-state index in [2.05, 4.69) is 5.32 Å². The summed E-state index contributed by atoms with van der Waals surface area (Å²) in [6.45, 7) is 11.1. The van der Waals surface area contributed by atoms with Crippen LogP contribution in [-0.4, -0.2) is 64.1 Å². The van der Waals surface area contributed by atoms with Crippen molar-refractivity contribution in [2.45, 2.75) is 77.7 Å². The van der Waals surface area contributed by atoms with Gasteiger partial charge in [0.25, 0.3) is 0 Å². The highest BCUT2D eigenvalue weighted by molar-refractivity contribution is 5.69. The van der Waals surface area contributed by atoms with Gasteiger partial charge in [-0.15, -0.1) is 0 Å². The highest BCUT2D eigenvalue weighted by Gasteiger charge is 2.38. The molecule has 3 unspecified atom stereocenters. The lowest BCUT2D eigenvalue weighted by Gasteiger charge is -2.28. The van der Waals surface area contributed by atoms with E-state index in [1.807, 2.05) is 20.8 Å². The highest BCUT2D eigenvalue weighted by atomic mass is 16.6. The second-order valence-corrected chi connectivity index (χ2v) is 7.65. The molecule has 1 fully saturated rings. The summed E-state index contributed by atoms with van der Waals surface area (Å²) < 4.78 is 10.7. The van der Waals surface area contributed by atoms with Crippen LogP contribution in [0.25, 0.3) is 0 Å². The topological polar surface area (TPSA) is 91.3 Å². The summed E-state index contributed by atoms with van der Waals surface area (Å²) in [6.07, 6.45) is -1.05. The van der Waals surface area contributed by atoms with Crippen LogP contribution in [0.4, 0.5) is 4.79 Å². The monoisotopic (exact) mass is 318 g/mol. The van der Waals surface area contributed by atoms with E-state index < -0.39 is 23.7 Å². The van der Waals surface area contributed by atoms with Crippen LogP contribution in [0, 0.1) is 0 Å². The molecule has 0 aromatic heterocycles. The van der Waals surface area contributed by atoms with Crippen LogP contribution in [0.5, 0.6) is 0 Å². The van der Waals surface area contributed by atoms with E-state index in [4.69, 9.17) is 9.47 Å². The zero-order chi connectivity index (χ0) is 17.1. The summed E-state index contributed by atoms with van der Waals surface area (Å²) in [5.41, 5.74) is -1.07. The Morgan fingerprint density at radius 2 is 1.86 bits per heavy atom. The maximum atomic E-state index is 12.2. The molecule has 1 heterocycles. The van der Waals surface area contributed by atoms with Crippen molar-refractivity contribution >= 4 is 6.09 Å². The molecule has 7 nitrogen and oxygen atoms in total. The van der Waals surface area contributed by atoms with Gasteiger partial charge in [-0.2, -0.15) is 0 Å². The van der Waals surface area contributed by atoms with Gasteiger partial charge in [-0.05, 0) is 48.0 Å². The molecule has 0 aromatic rings. The third kappa shape index (κ3) is 6.48. The minimum absolute atomic E-state index is 0.145. The number of likely N-dealkylation sites (tertiary alicyclic amines) is 1. The molecule has 3 atom stereocenters. The third-order valence-corrected chi connectivity index (χ3v) is 3.10. The maximum absolute atomic E-state index is 12.2. The van der Waals surface area contributed by atoms with Crippen LogP contribution >= 0.6 is 0 Å². The first-order valence-corrected chi connectivity index (χ1v) is 7.64. The van der Waals surface area contributed by atoms with Gasteiger partial charge in [0.05, 0.1) is 18.2 Å². The molecular weight excluding hydrogens is 288 g/mol. The van der Waals surface area contributed by atoms with E-state index in [1.165, 1.54) is 4.90 Å². The molecule has 3 N–H and O–H groups in total. The Morgan fingerprint density at radius 1 is 1.27 bits per heavy atom. The van der Waals surface area contributed by atoms with Gasteiger partial charge in [0.2, 0.25) is 6.41 Å². The molecule has 0 saturated carbocycles. The zero-order valence-electron chi connectivity index (χ0n) is 14.4. The molecule has 22 heavy (non-hydrogen) atoms. The van der Waals surface area contributed by atoms with E-state index in [9.17, 15) is 15.0 Å². The number of carbonyl (C=O) groups excluding carboxylic acids is 1. The van der Waals surface area contributed by atoms with Gasteiger partial charge in [-0.3, -0.25) is 5.32 Å². The van der Waals surface area contributed by atoms with Crippen LogP contribution in [0.15, 0.2) is 0 Å². The number of amides is 1.